The van der Waals surface area contributed by atoms with Crippen molar-refractivity contribution in [2.75, 3.05) is 12.3 Å². The van der Waals surface area contributed by atoms with Crippen LogP contribution >= 0.6 is 35.1 Å². The van der Waals surface area contributed by atoms with Crippen molar-refractivity contribution in [3.63, 3.8) is 0 Å². The van der Waals surface area contributed by atoms with Crippen molar-refractivity contribution in [1.82, 2.24) is 15.1 Å². The Balaban J connectivity index is 2.23. The third kappa shape index (κ3) is 4.12. The first-order valence-corrected chi connectivity index (χ1v) is 10.2. The highest BCUT2D eigenvalue weighted by molar-refractivity contribution is 8.07. The maximum atomic E-state index is 6.44. The molecule has 2 rings (SSSR count). The van der Waals surface area contributed by atoms with E-state index in [4.69, 9.17) is 11.6 Å². The molecule has 6 heteroatoms. The molecule has 0 radical (unpaired) electrons. The van der Waals surface area contributed by atoms with Gasteiger partial charge in [-0.3, -0.25) is 4.68 Å². The molecule has 1 fully saturated rings. The zero-order valence-electron chi connectivity index (χ0n) is 13.3. The lowest BCUT2D eigenvalue weighted by Crippen LogP contribution is -2.38. The molecule has 1 N–H and O–H groups in total. The van der Waals surface area contributed by atoms with Crippen molar-refractivity contribution in [2.45, 2.75) is 62.5 Å². The molecule has 1 aromatic heterocycles. The molecular weight excluding hydrogens is 322 g/mol. The molecule has 0 amide bonds. The highest BCUT2D eigenvalue weighted by Gasteiger charge is 2.34. The van der Waals surface area contributed by atoms with E-state index >= 15 is 0 Å². The second-order valence-electron chi connectivity index (χ2n) is 5.54. The molecule has 0 bridgehead atoms. The van der Waals surface area contributed by atoms with Gasteiger partial charge in [-0.25, -0.2) is 0 Å². The molecule has 1 aliphatic heterocycles. The Bertz CT molecular complexity index is 452. The van der Waals surface area contributed by atoms with Crippen LogP contribution in [0.2, 0.25) is 5.02 Å². The molecular formula is C15H26ClN3S2. The van der Waals surface area contributed by atoms with Crippen molar-refractivity contribution >= 4 is 35.1 Å². The average Bonchev–Trinajstić information content (AvgIpc) is 2.84. The van der Waals surface area contributed by atoms with E-state index in [1.165, 1.54) is 5.75 Å². The lowest BCUT2D eigenvalue weighted by Gasteiger charge is -2.36. The second-order valence-corrected chi connectivity index (χ2v) is 8.98. The standard InChI is InChI=1S/C15H26ClN3S2/c1-5-7-17-14(13-9-20-10(3)11(4)21-13)15-12(16)8-18-19(15)6-2/h8,10-11,13-14,17H,5-7,9H2,1-4H3. The summed E-state index contributed by atoms with van der Waals surface area (Å²) >= 11 is 10.6. The second kappa shape index (κ2) is 8.14. The Morgan fingerprint density at radius 3 is 2.81 bits per heavy atom. The molecule has 0 aromatic carbocycles. The minimum atomic E-state index is 0.285. The van der Waals surface area contributed by atoms with Gasteiger partial charge in [0.05, 0.1) is 23.0 Å². The number of thioether (sulfide) groups is 2. The maximum Gasteiger partial charge on any atom is 0.0834 e. The number of nitrogens with one attached hydrogen (secondary N) is 1. The molecule has 1 aromatic rings. The molecule has 21 heavy (non-hydrogen) atoms. The Hall–Kier alpha value is 0.160. The number of hydrogen-bond acceptors (Lipinski definition) is 4. The van der Waals surface area contributed by atoms with E-state index in [0.29, 0.717) is 10.5 Å². The summed E-state index contributed by atoms with van der Waals surface area (Å²) in [5.41, 5.74) is 1.16. The van der Waals surface area contributed by atoms with Crippen LogP contribution in [0.1, 0.15) is 45.9 Å². The van der Waals surface area contributed by atoms with E-state index in [9.17, 15) is 0 Å². The van der Waals surface area contributed by atoms with Gasteiger partial charge in [0, 0.05) is 28.0 Å². The van der Waals surface area contributed by atoms with E-state index in [-0.39, 0.29) is 6.04 Å². The van der Waals surface area contributed by atoms with Crippen LogP contribution < -0.4 is 5.32 Å². The van der Waals surface area contributed by atoms with Gasteiger partial charge in [0.1, 0.15) is 0 Å². The van der Waals surface area contributed by atoms with Crippen LogP contribution in [0.4, 0.5) is 0 Å². The highest BCUT2D eigenvalue weighted by atomic mass is 35.5. The predicted octanol–water partition coefficient (Wildman–Crippen LogP) is 4.22. The van der Waals surface area contributed by atoms with Gasteiger partial charge in [0.2, 0.25) is 0 Å². The van der Waals surface area contributed by atoms with Crippen LogP contribution in [-0.2, 0) is 6.54 Å². The quantitative estimate of drug-likeness (QED) is 0.834. The van der Waals surface area contributed by atoms with Crippen molar-refractivity contribution in [2.24, 2.45) is 0 Å². The van der Waals surface area contributed by atoms with E-state index in [0.717, 1.165) is 35.5 Å². The van der Waals surface area contributed by atoms with E-state index < -0.39 is 0 Å². The third-order valence-corrected chi connectivity index (χ3v) is 7.77. The van der Waals surface area contributed by atoms with Gasteiger partial charge in [-0.05, 0) is 19.9 Å². The zero-order valence-corrected chi connectivity index (χ0v) is 15.7. The van der Waals surface area contributed by atoms with Crippen LogP contribution in [0.15, 0.2) is 6.20 Å². The number of nitrogens with zero attached hydrogens (tertiary/aromatic N) is 2. The van der Waals surface area contributed by atoms with Crippen molar-refractivity contribution in [1.29, 1.82) is 0 Å². The minimum Gasteiger partial charge on any atom is -0.308 e. The Morgan fingerprint density at radius 1 is 1.43 bits per heavy atom. The van der Waals surface area contributed by atoms with Gasteiger partial charge in [-0.1, -0.05) is 32.4 Å². The van der Waals surface area contributed by atoms with E-state index in [1.807, 2.05) is 4.68 Å². The van der Waals surface area contributed by atoms with Gasteiger partial charge in [-0.2, -0.15) is 28.6 Å². The minimum absolute atomic E-state index is 0.285. The summed E-state index contributed by atoms with van der Waals surface area (Å²) in [6.45, 7) is 10.9. The van der Waals surface area contributed by atoms with Gasteiger partial charge in [0.15, 0.2) is 0 Å². The fourth-order valence-electron chi connectivity index (χ4n) is 2.62. The molecule has 0 aliphatic carbocycles. The smallest absolute Gasteiger partial charge is 0.0834 e. The summed E-state index contributed by atoms with van der Waals surface area (Å²) in [4.78, 5) is 0. The lowest BCUT2D eigenvalue weighted by molar-refractivity contribution is 0.478. The largest absolute Gasteiger partial charge is 0.308 e. The summed E-state index contributed by atoms with van der Waals surface area (Å²) in [5, 5.41) is 10.9. The first-order chi connectivity index (χ1) is 10.1. The Kier molecular flexibility index (Phi) is 6.79. The van der Waals surface area contributed by atoms with Gasteiger partial charge < -0.3 is 5.32 Å². The van der Waals surface area contributed by atoms with Gasteiger partial charge in [-0.15, -0.1) is 0 Å². The summed E-state index contributed by atoms with van der Waals surface area (Å²) in [7, 11) is 0. The fourth-order valence-corrected chi connectivity index (χ4v) is 5.97. The molecule has 2 heterocycles. The van der Waals surface area contributed by atoms with Crippen molar-refractivity contribution < 1.29 is 0 Å². The van der Waals surface area contributed by atoms with E-state index in [1.54, 1.807) is 6.20 Å². The molecule has 3 nitrogen and oxygen atoms in total. The zero-order chi connectivity index (χ0) is 15.4. The number of hydrogen-bond donors (Lipinski definition) is 1. The fraction of sp³-hybridized carbons (Fsp3) is 0.800. The molecule has 1 saturated heterocycles. The van der Waals surface area contributed by atoms with Crippen LogP contribution in [0, 0.1) is 0 Å². The van der Waals surface area contributed by atoms with Crippen LogP contribution in [0.5, 0.6) is 0 Å². The van der Waals surface area contributed by atoms with Crippen LogP contribution in [0.3, 0.4) is 0 Å². The Labute approximate surface area is 142 Å². The predicted molar refractivity (Wildman–Crippen MR) is 96.7 cm³/mol. The molecule has 120 valence electrons. The normalized spacial score (nSPS) is 27.8. The highest BCUT2D eigenvalue weighted by Crippen LogP contribution is 2.42. The molecule has 0 spiro atoms. The maximum absolute atomic E-state index is 6.44. The molecule has 4 unspecified atom stereocenters. The van der Waals surface area contributed by atoms with Crippen molar-refractivity contribution in [3.05, 3.63) is 16.9 Å². The molecule has 4 atom stereocenters. The van der Waals surface area contributed by atoms with Crippen molar-refractivity contribution in [3.8, 4) is 0 Å². The van der Waals surface area contributed by atoms with E-state index in [2.05, 4.69) is 61.6 Å². The SMILES string of the molecule is CCCNC(c1c(Cl)cnn1CC)C1CSC(C)C(C)S1. The summed E-state index contributed by atoms with van der Waals surface area (Å²) in [6, 6.07) is 0.285. The molecule has 0 saturated carbocycles. The topological polar surface area (TPSA) is 29.9 Å². The molecule has 1 aliphatic rings. The number of aromatic nitrogens is 2. The summed E-state index contributed by atoms with van der Waals surface area (Å²) < 4.78 is 2.05. The lowest BCUT2D eigenvalue weighted by atomic mass is 10.1. The first kappa shape index (κ1) is 17.5. The third-order valence-electron chi connectivity index (χ3n) is 3.99. The van der Waals surface area contributed by atoms with Gasteiger partial charge >= 0.3 is 0 Å². The summed E-state index contributed by atoms with van der Waals surface area (Å²) in [6.07, 6.45) is 2.92. The Morgan fingerprint density at radius 2 is 2.19 bits per heavy atom. The number of aryl methyl sites for hydroxylation is 1. The van der Waals surface area contributed by atoms with Gasteiger partial charge in [0.25, 0.3) is 0 Å². The summed E-state index contributed by atoms with van der Waals surface area (Å²) in [5.74, 6) is 1.17. The van der Waals surface area contributed by atoms with Crippen LogP contribution in [-0.4, -0.2) is 37.8 Å². The monoisotopic (exact) mass is 347 g/mol. The number of rotatable bonds is 6. The van der Waals surface area contributed by atoms with Crippen LogP contribution in [0.25, 0.3) is 0 Å². The first-order valence-electron chi connectivity index (χ1n) is 7.80. The average molecular weight is 348 g/mol. The number of halogens is 1.